The summed E-state index contributed by atoms with van der Waals surface area (Å²) in [7, 11) is 0. The number of carbonyl (C=O) groups excluding carboxylic acids is 1. The van der Waals surface area contributed by atoms with Gasteiger partial charge in [-0.2, -0.15) is 0 Å². The summed E-state index contributed by atoms with van der Waals surface area (Å²) in [6, 6.07) is 15.7. The average molecular weight is 341 g/mol. The highest BCUT2D eigenvalue weighted by atomic mass is 16.5. The third-order valence-corrected chi connectivity index (χ3v) is 3.78. The molecule has 0 unspecified atom stereocenters. The van der Waals surface area contributed by atoms with Gasteiger partial charge in [0.25, 0.3) is 5.91 Å². The number of ether oxygens (including phenoxy) is 2. The smallest absolute Gasteiger partial charge is 0.258 e. The zero-order valence-corrected chi connectivity index (χ0v) is 15.5. The molecule has 1 amide bonds. The molecule has 0 aromatic heterocycles. The summed E-state index contributed by atoms with van der Waals surface area (Å²) in [5, 5.41) is 2.79. The molecule has 0 aliphatic rings. The first-order chi connectivity index (χ1) is 11.8. The monoisotopic (exact) mass is 341 g/mol. The van der Waals surface area contributed by atoms with Gasteiger partial charge in [-0.3, -0.25) is 4.79 Å². The molecule has 0 atom stereocenters. The highest BCUT2D eigenvalue weighted by Crippen LogP contribution is 2.25. The molecule has 0 aliphatic carbocycles. The number of hydrogen-bond donors (Lipinski definition) is 1. The number of carbonyl (C=O) groups is 1. The second-order valence-electron chi connectivity index (χ2n) is 7.08. The summed E-state index contributed by atoms with van der Waals surface area (Å²) >= 11 is 0. The van der Waals surface area contributed by atoms with Crippen LogP contribution in [-0.4, -0.2) is 25.7 Å². The van der Waals surface area contributed by atoms with Crippen LogP contribution in [0.4, 0.5) is 0 Å². The standard InChI is InChI=1S/C21H27NO3/c1-16-8-10-18(11-9-16)25-15-20(23)22-12-13-24-19-7-5-6-17(14-19)21(2,3)4/h5-11,14H,12-13,15H2,1-4H3,(H,22,23). The fourth-order valence-electron chi connectivity index (χ4n) is 2.25. The molecule has 4 heteroatoms. The first kappa shape index (κ1) is 18.8. The van der Waals surface area contributed by atoms with Gasteiger partial charge < -0.3 is 14.8 Å². The van der Waals surface area contributed by atoms with E-state index in [1.54, 1.807) is 0 Å². The molecule has 2 rings (SSSR count). The number of hydrogen-bond acceptors (Lipinski definition) is 3. The van der Waals surface area contributed by atoms with Gasteiger partial charge in [-0.25, -0.2) is 0 Å². The Hall–Kier alpha value is -2.49. The Bertz CT molecular complexity index is 687. The van der Waals surface area contributed by atoms with E-state index in [-0.39, 0.29) is 17.9 Å². The lowest BCUT2D eigenvalue weighted by atomic mass is 9.87. The molecule has 2 aromatic rings. The van der Waals surface area contributed by atoms with Gasteiger partial charge in [-0.05, 0) is 42.2 Å². The topological polar surface area (TPSA) is 47.6 Å². The predicted octanol–water partition coefficient (Wildman–Crippen LogP) is 3.87. The Labute approximate surface area is 150 Å². The molecule has 0 heterocycles. The molecule has 0 radical (unpaired) electrons. The Balaban J connectivity index is 1.68. The van der Waals surface area contributed by atoms with Crippen LogP contribution < -0.4 is 14.8 Å². The van der Waals surface area contributed by atoms with Crippen molar-refractivity contribution in [1.82, 2.24) is 5.32 Å². The molecule has 0 saturated carbocycles. The van der Waals surface area contributed by atoms with E-state index < -0.39 is 0 Å². The van der Waals surface area contributed by atoms with Gasteiger partial charge in [-0.1, -0.05) is 50.6 Å². The summed E-state index contributed by atoms with van der Waals surface area (Å²) in [6.07, 6.45) is 0. The number of benzene rings is 2. The number of rotatable bonds is 7. The van der Waals surface area contributed by atoms with E-state index >= 15 is 0 Å². The molecule has 134 valence electrons. The lowest BCUT2D eigenvalue weighted by molar-refractivity contribution is -0.123. The quantitative estimate of drug-likeness (QED) is 0.778. The van der Waals surface area contributed by atoms with Crippen molar-refractivity contribution in [3.8, 4) is 11.5 Å². The van der Waals surface area contributed by atoms with Crippen molar-refractivity contribution in [2.45, 2.75) is 33.1 Å². The Morgan fingerprint density at radius 2 is 1.72 bits per heavy atom. The molecule has 2 aromatic carbocycles. The number of amides is 1. The summed E-state index contributed by atoms with van der Waals surface area (Å²) in [4.78, 5) is 11.8. The van der Waals surface area contributed by atoms with Crippen LogP contribution in [0.5, 0.6) is 11.5 Å². The van der Waals surface area contributed by atoms with Crippen LogP contribution in [0.2, 0.25) is 0 Å². The number of nitrogens with one attached hydrogen (secondary N) is 1. The van der Waals surface area contributed by atoms with Crippen molar-refractivity contribution in [2.24, 2.45) is 0 Å². The van der Waals surface area contributed by atoms with Gasteiger partial charge in [0.05, 0.1) is 6.54 Å². The third-order valence-electron chi connectivity index (χ3n) is 3.78. The zero-order chi connectivity index (χ0) is 18.3. The summed E-state index contributed by atoms with van der Waals surface area (Å²) in [5.41, 5.74) is 2.46. The number of aryl methyl sites for hydroxylation is 1. The molecule has 0 aliphatic heterocycles. The van der Waals surface area contributed by atoms with Gasteiger partial charge in [0.2, 0.25) is 0 Å². The van der Waals surface area contributed by atoms with Gasteiger partial charge in [0.15, 0.2) is 6.61 Å². The molecule has 0 fully saturated rings. The van der Waals surface area contributed by atoms with Crippen LogP contribution in [0.1, 0.15) is 31.9 Å². The van der Waals surface area contributed by atoms with Crippen molar-refractivity contribution in [3.63, 3.8) is 0 Å². The highest BCUT2D eigenvalue weighted by Gasteiger charge is 2.13. The summed E-state index contributed by atoms with van der Waals surface area (Å²) in [6.45, 7) is 9.37. The molecule has 0 bridgehead atoms. The van der Waals surface area contributed by atoms with Crippen LogP contribution in [0.15, 0.2) is 48.5 Å². The maximum Gasteiger partial charge on any atom is 0.258 e. The molecule has 1 N–H and O–H groups in total. The van der Waals surface area contributed by atoms with Crippen molar-refractivity contribution in [3.05, 3.63) is 59.7 Å². The van der Waals surface area contributed by atoms with Crippen LogP contribution in [0, 0.1) is 6.92 Å². The third kappa shape index (κ3) is 6.49. The maximum absolute atomic E-state index is 11.8. The molecule has 0 saturated heterocycles. The van der Waals surface area contributed by atoms with E-state index in [1.165, 1.54) is 5.56 Å². The second-order valence-corrected chi connectivity index (χ2v) is 7.08. The summed E-state index contributed by atoms with van der Waals surface area (Å²) < 4.78 is 11.2. The predicted molar refractivity (Wildman–Crippen MR) is 100 cm³/mol. The minimum absolute atomic E-state index is 0.00255. The fraction of sp³-hybridized carbons (Fsp3) is 0.381. The lowest BCUT2D eigenvalue weighted by Gasteiger charge is -2.19. The van der Waals surface area contributed by atoms with E-state index in [1.807, 2.05) is 49.4 Å². The van der Waals surface area contributed by atoms with E-state index in [9.17, 15) is 4.79 Å². The van der Waals surface area contributed by atoms with Gasteiger partial charge >= 0.3 is 0 Å². The molecular weight excluding hydrogens is 314 g/mol. The minimum Gasteiger partial charge on any atom is -0.492 e. The molecule has 0 spiro atoms. The Morgan fingerprint density at radius 3 is 2.40 bits per heavy atom. The van der Waals surface area contributed by atoms with Crippen molar-refractivity contribution in [1.29, 1.82) is 0 Å². The van der Waals surface area contributed by atoms with E-state index in [2.05, 4.69) is 32.2 Å². The van der Waals surface area contributed by atoms with Crippen molar-refractivity contribution >= 4 is 5.91 Å². The molecule has 25 heavy (non-hydrogen) atoms. The molecular formula is C21H27NO3. The fourth-order valence-corrected chi connectivity index (χ4v) is 2.25. The average Bonchev–Trinajstić information content (AvgIpc) is 2.58. The largest absolute Gasteiger partial charge is 0.492 e. The van der Waals surface area contributed by atoms with Crippen LogP contribution in [0.3, 0.4) is 0 Å². The van der Waals surface area contributed by atoms with Crippen molar-refractivity contribution in [2.75, 3.05) is 19.8 Å². The minimum atomic E-state index is -0.160. The second kappa shape index (κ2) is 8.56. The van der Waals surface area contributed by atoms with Crippen LogP contribution in [-0.2, 0) is 10.2 Å². The Morgan fingerprint density at radius 1 is 1.00 bits per heavy atom. The summed E-state index contributed by atoms with van der Waals surface area (Å²) in [5.74, 6) is 1.35. The van der Waals surface area contributed by atoms with E-state index in [0.717, 1.165) is 11.3 Å². The normalized spacial score (nSPS) is 11.0. The van der Waals surface area contributed by atoms with Crippen molar-refractivity contribution < 1.29 is 14.3 Å². The highest BCUT2D eigenvalue weighted by molar-refractivity contribution is 5.77. The first-order valence-electron chi connectivity index (χ1n) is 8.54. The lowest BCUT2D eigenvalue weighted by Crippen LogP contribution is -2.32. The first-order valence-corrected chi connectivity index (χ1v) is 8.54. The van der Waals surface area contributed by atoms with Gasteiger partial charge in [-0.15, -0.1) is 0 Å². The SMILES string of the molecule is Cc1ccc(OCC(=O)NCCOc2cccc(C(C)(C)C)c2)cc1. The Kier molecular flexibility index (Phi) is 6.45. The zero-order valence-electron chi connectivity index (χ0n) is 15.5. The van der Waals surface area contributed by atoms with E-state index in [4.69, 9.17) is 9.47 Å². The maximum atomic E-state index is 11.8. The van der Waals surface area contributed by atoms with Gasteiger partial charge in [0.1, 0.15) is 18.1 Å². The molecule has 4 nitrogen and oxygen atoms in total. The van der Waals surface area contributed by atoms with Gasteiger partial charge in [0, 0.05) is 0 Å². The van der Waals surface area contributed by atoms with E-state index in [0.29, 0.717) is 18.9 Å². The van der Waals surface area contributed by atoms with Crippen LogP contribution in [0.25, 0.3) is 0 Å². The van der Waals surface area contributed by atoms with Crippen LogP contribution >= 0.6 is 0 Å².